The van der Waals surface area contributed by atoms with Crippen molar-refractivity contribution in [1.82, 2.24) is 5.32 Å². The van der Waals surface area contributed by atoms with Gasteiger partial charge in [-0.2, -0.15) is 0 Å². The lowest BCUT2D eigenvalue weighted by molar-refractivity contribution is 0.481. The number of rotatable bonds is 5. The number of hydrogen-bond acceptors (Lipinski definition) is 1. The van der Waals surface area contributed by atoms with Gasteiger partial charge in [-0.25, -0.2) is 8.78 Å². The topological polar surface area (TPSA) is 12.0 Å². The Morgan fingerprint density at radius 2 is 1.76 bits per heavy atom. The summed E-state index contributed by atoms with van der Waals surface area (Å²) in [6.45, 7) is 2.73. The van der Waals surface area contributed by atoms with Crippen LogP contribution in [0.15, 0.2) is 45.3 Å². The first kappa shape index (κ1) is 16.6. The van der Waals surface area contributed by atoms with Crippen LogP contribution in [0.3, 0.4) is 0 Å². The summed E-state index contributed by atoms with van der Waals surface area (Å²) < 4.78 is 29.1. The van der Waals surface area contributed by atoms with Crippen molar-refractivity contribution in [1.29, 1.82) is 0 Å². The van der Waals surface area contributed by atoms with Gasteiger partial charge in [0.15, 0.2) is 11.6 Å². The van der Waals surface area contributed by atoms with Gasteiger partial charge in [0, 0.05) is 15.0 Å². The fourth-order valence-electron chi connectivity index (χ4n) is 2.26. The van der Waals surface area contributed by atoms with Crippen molar-refractivity contribution in [2.45, 2.75) is 19.4 Å². The molecule has 2 aromatic carbocycles. The predicted molar refractivity (Wildman–Crippen MR) is 88.3 cm³/mol. The third kappa shape index (κ3) is 4.34. The molecule has 1 atom stereocenters. The Morgan fingerprint density at radius 1 is 1.10 bits per heavy atom. The second kappa shape index (κ2) is 7.47. The van der Waals surface area contributed by atoms with Gasteiger partial charge in [-0.3, -0.25) is 0 Å². The second-order valence-corrected chi connectivity index (χ2v) is 6.56. The van der Waals surface area contributed by atoms with E-state index >= 15 is 0 Å². The molecule has 21 heavy (non-hydrogen) atoms. The van der Waals surface area contributed by atoms with E-state index in [4.69, 9.17) is 0 Å². The van der Waals surface area contributed by atoms with E-state index in [1.165, 1.54) is 6.07 Å². The molecule has 0 saturated heterocycles. The Balaban J connectivity index is 2.32. The molecule has 2 aromatic rings. The van der Waals surface area contributed by atoms with Crippen molar-refractivity contribution in [2.75, 3.05) is 6.54 Å². The Labute approximate surface area is 140 Å². The highest BCUT2D eigenvalue weighted by Gasteiger charge is 2.16. The van der Waals surface area contributed by atoms with Crippen molar-refractivity contribution in [3.8, 4) is 0 Å². The van der Waals surface area contributed by atoms with Crippen molar-refractivity contribution in [3.63, 3.8) is 0 Å². The van der Waals surface area contributed by atoms with E-state index < -0.39 is 11.6 Å². The monoisotopic (exact) mass is 417 g/mol. The molecule has 0 fully saturated rings. The average molecular weight is 419 g/mol. The number of nitrogens with one attached hydrogen (secondary N) is 1. The van der Waals surface area contributed by atoms with Gasteiger partial charge < -0.3 is 5.32 Å². The molecule has 1 unspecified atom stereocenters. The predicted octanol–water partition coefficient (Wildman–Crippen LogP) is 5.38. The van der Waals surface area contributed by atoms with E-state index in [9.17, 15) is 8.78 Å². The van der Waals surface area contributed by atoms with Crippen molar-refractivity contribution in [2.24, 2.45) is 0 Å². The van der Waals surface area contributed by atoms with E-state index in [0.717, 1.165) is 27.1 Å². The zero-order chi connectivity index (χ0) is 15.4. The number of benzene rings is 2. The lowest BCUT2D eigenvalue weighted by atomic mass is 9.98. The van der Waals surface area contributed by atoms with Gasteiger partial charge in [0.1, 0.15) is 0 Å². The Bertz CT molecular complexity index is 611. The fraction of sp³-hybridized carbons (Fsp3) is 0.250. The normalized spacial score (nSPS) is 12.4. The molecule has 0 bridgehead atoms. The van der Waals surface area contributed by atoms with E-state index in [1.807, 2.05) is 25.1 Å². The maximum Gasteiger partial charge on any atom is 0.162 e. The van der Waals surface area contributed by atoms with Gasteiger partial charge >= 0.3 is 0 Å². The molecular weight excluding hydrogens is 404 g/mol. The molecule has 112 valence electrons. The smallest absolute Gasteiger partial charge is 0.162 e. The maximum absolute atomic E-state index is 13.9. The molecule has 0 amide bonds. The highest BCUT2D eigenvalue weighted by atomic mass is 79.9. The number of halogens is 4. The molecule has 0 radical (unpaired) electrons. The Morgan fingerprint density at radius 3 is 2.38 bits per heavy atom. The van der Waals surface area contributed by atoms with Crippen molar-refractivity contribution in [3.05, 3.63) is 68.1 Å². The molecule has 0 spiro atoms. The summed E-state index contributed by atoms with van der Waals surface area (Å²) in [5, 5.41) is 3.32. The van der Waals surface area contributed by atoms with Crippen LogP contribution in [0.2, 0.25) is 0 Å². The number of hydrogen-bond donors (Lipinski definition) is 1. The van der Waals surface area contributed by atoms with Gasteiger partial charge in [-0.1, -0.05) is 50.9 Å². The minimum atomic E-state index is -0.807. The lowest BCUT2D eigenvalue weighted by Gasteiger charge is -2.19. The molecule has 0 aliphatic heterocycles. The van der Waals surface area contributed by atoms with Gasteiger partial charge in [0.05, 0.1) is 0 Å². The zero-order valence-corrected chi connectivity index (χ0v) is 14.6. The summed E-state index contributed by atoms with van der Waals surface area (Å²) in [5.41, 5.74) is 1.39. The van der Waals surface area contributed by atoms with Gasteiger partial charge in [0.2, 0.25) is 0 Å². The first-order valence-electron chi connectivity index (χ1n) is 6.63. The third-order valence-corrected chi connectivity index (χ3v) is 4.11. The van der Waals surface area contributed by atoms with Crippen LogP contribution in [-0.2, 0) is 6.42 Å². The van der Waals surface area contributed by atoms with Gasteiger partial charge in [-0.05, 0) is 48.4 Å². The highest BCUT2D eigenvalue weighted by molar-refractivity contribution is 9.11. The van der Waals surface area contributed by atoms with E-state index in [1.54, 1.807) is 6.07 Å². The molecule has 0 heterocycles. The Hall–Kier alpha value is -0.780. The van der Waals surface area contributed by atoms with Crippen LogP contribution in [-0.4, -0.2) is 6.54 Å². The summed E-state index contributed by atoms with van der Waals surface area (Å²) in [5.74, 6) is -1.58. The maximum atomic E-state index is 13.9. The van der Waals surface area contributed by atoms with Crippen molar-refractivity contribution < 1.29 is 8.78 Å². The summed E-state index contributed by atoms with van der Waals surface area (Å²) in [6, 6.07) is 10.1. The molecule has 0 aliphatic rings. The third-order valence-electron chi connectivity index (χ3n) is 3.19. The summed E-state index contributed by atoms with van der Waals surface area (Å²) >= 11 is 6.90. The average Bonchev–Trinajstić information content (AvgIpc) is 2.42. The number of likely N-dealkylation sites (N-methyl/N-ethyl adjacent to an activating group) is 1. The van der Waals surface area contributed by atoms with E-state index in [2.05, 4.69) is 37.2 Å². The lowest BCUT2D eigenvalue weighted by Crippen LogP contribution is -2.23. The van der Waals surface area contributed by atoms with Crippen LogP contribution < -0.4 is 5.32 Å². The molecule has 1 N–H and O–H groups in total. The van der Waals surface area contributed by atoms with Crippen LogP contribution in [0.4, 0.5) is 8.78 Å². The highest BCUT2D eigenvalue weighted by Crippen LogP contribution is 2.27. The first-order chi connectivity index (χ1) is 10.0. The molecular formula is C16H15Br2F2N. The Kier molecular flexibility index (Phi) is 5.90. The molecule has 0 aromatic heterocycles. The van der Waals surface area contributed by atoms with Gasteiger partial charge in [0.25, 0.3) is 0 Å². The van der Waals surface area contributed by atoms with Crippen molar-refractivity contribution >= 4 is 31.9 Å². The fourth-order valence-corrected chi connectivity index (χ4v) is 3.59. The van der Waals surface area contributed by atoms with Crippen LogP contribution in [0, 0.1) is 11.6 Å². The molecule has 2 rings (SSSR count). The summed E-state index contributed by atoms with van der Waals surface area (Å²) in [4.78, 5) is 0. The molecule has 5 heteroatoms. The zero-order valence-electron chi connectivity index (χ0n) is 11.5. The van der Waals surface area contributed by atoms with E-state index in [-0.39, 0.29) is 6.04 Å². The van der Waals surface area contributed by atoms with Crippen LogP contribution in [0.25, 0.3) is 0 Å². The minimum Gasteiger partial charge on any atom is -0.310 e. The summed E-state index contributed by atoms with van der Waals surface area (Å²) in [6.07, 6.45) is 0.389. The van der Waals surface area contributed by atoms with Gasteiger partial charge in [-0.15, -0.1) is 0 Å². The first-order valence-corrected chi connectivity index (χ1v) is 8.22. The largest absolute Gasteiger partial charge is 0.310 e. The van der Waals surface area contributed by atoms with Crippen LogP contribution >= 0.6 is 31.9 Å². The second-order valence-electron chi connectivity index (χ2n) is 4.73. The van der Waals surface area contributed by atoms with Crippen LogP contribution in [0.1, 0.15) is 24.1 Å². The van der Waals surface area contributed by atoms with E-state index in [0.29, 0.717) is 12.0 Å². The SMILES string of the molecule is CCNC(Cc1cccc(F)c1F)c1cc(Br)cc(Br)c1. The standard InChI is InChI=1S/C16H15Br2F2N/c1-2-21-15(11-6-12(17)9-13(18)7-11)8-10-4-3-5-14(19)16(10)20/h3-7,9,15,21H,2,8H2,1H3. The summed E-state index contributed by atoms with van der Waals surface area (Å²) in [7, 11) is 0. The molecule has 0 saturated carbocycles. The minimum absolute atomic E-state index is 0.0832. The quantitative estimate of drug-likeness (QED) is 0.686. The van der Waals surface area contributed by atoms with Crippen LogP contribution in [0.5, 0.6) is 0 Å². The molecule has 1 nitrogen and oxygen atoms in total. The molecule has 0 aliphatic carbocycles.